The minimum atomic E-state index is -0.0797. The Bertz CT molecular complexity index is 855. The number of hydrogen-bond acceptors (Lipinski definition) is 4. The molecule has 1 amide bonds. The second-order valence-electron chi connectivity index (χ2n) is 5.63. The molecule has 1 aliphatic heterocycles. The molecule has 0 spiro atoms. The van der Waals surface area contributed by atoms with Gasteiger partial charge in [-0.15, -0.1) is 0 Å². The summed E-state index contributed by atoms with van der Waals surface area (Å²) in [6.07, 6.45) is 0.999. The molecule has 1 aromatic heterocycles. The second-order valence-corrected chi connectivity index (χ2v) is 5.63. The zero-order chi connectivity index (χ0) is 16.4. The molecule has 0 aliphatic carbocycles. The number of imidazole rings is 1. The first-order chi connectivity index (χ1) is 11.8. The highest BCUT2D eigenvalue weighted by Crippen LogP contribution is 2.31. The molecule has 0 saturated heterocycles. The average molecular weight is 323 g/mol. The van der Waals surface area contributed by atoms with Gasteiger partial charge < -0.3 is 14.5 Å². The van der Waals surface area contributed by atoms with Gasteiger partial charge in [0, 0.05) is 6.42 Å². The van der Waals surface area contributed by atoms with Crippen LogP contribution >= 0.6 is 0 Å². The van der Waals surface area contributed by atoms with Crippen LogP contribution in [0.5, 0.6) is 11.5 Å². The third-order valence-electron chi connectivity index (χ3n) is 3.89. The molecule has 122 valence electrons. The highest BCUT2D eigenvalue weighted by molar-refractivity contribution is 5.91. The normalized spacial score (nSPS) is 13.0. The number of aryl methyl sites for hydroxylation is 1. The highest BCUT2D eigenvalue weighted by atomic mass is 16.6. The van der Waals surface area contributed by atoms with Crippen LogP contribution in [0.4, 0.5) is 5.95 Å². The predicted molar refractivity (Wildman–Crippen MR) is 90.5 cm³/mol. The molecule has 2 heterocycles. The van der Waals surface area contributed by atoms with Gasteiger partial charge in [0.05, 0.1) is 11.0 Å². The molecule has 0 saturated carbocycles. The number of nitrogens with zero attached hydrogens (tertiary/aromatic N) is 1. The van der Waals surface area contributed by atoms with Gasteiger partial charge in [0.1, 0.15) is 13.2 Å². The van der Waals surface area contributed by atoms with Crippen molar-refractivity contribution in [3.05, 3.63) is 48.0 Å². The fourth-order valence-corrected chi connectivity index (χ4v) is 2.71. The van der Waals surface area contributed by atoms with Crippen molar-refractivity contribution < 1.29 is 14.3 Å². The average Bonchev–Trinajstić information content (AvgIpc) is 3.02. The van der Waals surface area contributed by atoms with Crippen molar-refractivity contribution in [2.45, 2.75) is 12.8 Å². The largest absolute Gasteiger partial charge is 0.486 e. The van der Waals surface area contributed by atoms with Crippen LogP contribution in [0.2, 0.25) is 0 Å². The quantitative estimate of drug-likeness (QED) is 0.774. The number of H-pyrrole nitrogens is 1. The third kappa shape index (κ3) is 3.03. The number of aromatic amines is 1. The summed E-state index contributed by atoms with van der Waals surface area (Å²) in [6, 6.07) is 13.4. The van der Waals surface area contributed by atoms with Crippen molar-refractivity contribution in [3.8, 4) is 11.5 Å². The van der Waals surface area contributed by atoms with E-state index in [-0.39, 0.29) is 5.91 Å². The summed E-state index contributed by atoms with van der Waals surface area (Å²) in [4.78, 5) is 19.6. The number of nitrogens with one attached hydrogen (secondary N) is 2. The highest BCUT2D eigenvalue weighted by Gasteiger charge is 2.12. The van der Waals surface area contributed by atoms with E-state index in [0.717, 1.165) is 28.1 Å². The summed E-state index contributed by atoms with van der Waals surface area (Å²) in [6.45, 7) is 1.13. The van der Waals surface area contributed by atoms with Gasteiger partial charge in [-0.1, -0.05) is 18.2 Å². The van der Waals surface area contributed by atoms with Crippen molar-refractivity contribution >= 4 is 22.9 Å². The summed E-state index contributed by atoms with van der Waals surface area (Å²) in [7, 11) is 0. The van der Waals surface area contributed by atoms with E-state index in [1.807, 2.05) is 42.5 Å². The molecule has 6 nitrogen and oxygen atoms in total. The number of para-hydroxylation sites is 2. The van der Waals surface area contributed by atoms with E-state index in [4.69, 9.17) is 9.47 Å². The van der Waals surface area contributed by atoms with Gasteiger partial charge in [0.25, 0.3) is 0 Å². The predicted octanol–water partition coefficient (Wildman–Crippen LogP) is 2.91. The number of aromatic nitrogens is 2. The van der Waals surface area contributed by atoms with Gasteiger partial charge in [-0.3, -0.25) is 10.1 Å². The first-order valence-electron chi connectivity index (χ1n) is 7.91. The molecule has 0 bridgehead atoms. The number of rotatable bonds is 4. The van der Waals surface area contributed by atoms with E-state index >= 15 is 0 Å². The SMILES string of the molecule is O=C(CCc1ccc2c(c1)OCCO2)Nc1nc2ccccc2[nH]1. The molecule has 24 heavy (non-hydrogen) atoms. The van der Waals surface area contributed by atoms with Crippen molar-refractivity contribution in [1.82, 2.24) is 9.97 Å². The van der Waals surface area contributed by atoms with Gasteiger partial charge in [-0.2, -0.15) is 0 Å². The van der Waals surface area contributed by atoms with E-state index in [2.05, 4.69) is 15.3 Å². The Morgan fingerprint density at radius 3 is 2.83 bits per heavy atom. The van der Waals surface area contributed by atoms with Crippen LogP contribution in [0.15, 0.2) is 42.5 Å². The van der Waals surface area contributed by atoms with E-state index in [9.17, 15) is 4.79 Å². The minimum Gasteiger partial charge on any atom is -0.486 e. The summed E-state index contributed by atoms with van der Waals surface area (Å²) >= 11 is 0. The minimum absolute atomic E-state index is 0.0797. The molecule has 2 aromatic carbocycles. The summed E-state index contributed by atoms with van der Waals surface area (Å²) < 4.78 is 11.1. The Hall–Kier alpha value is -3.02. The summed E-state index contributed by atoms with van der Waals surface area (Å²) in [5.41, 5.74) is 2.78. The lowest BCUT2D eigenvalue weighted by Gasteiger charge is -2.18. The standard InChI is InChI=1S/C18H17N3O3/c22-17(21-18-19-13-3-1-2-4-14(13)20-18)8-6-12-5-7-15-16(11-12)24-10-9-23-15/h1-5,7,11H,6,8-10H2,(H2,19,20,21,22). The number of fused-ring (bicyclic) bond motifs is 2. The molecule has 0 unspecified atom stereocenters. The number of carbonyl (C=O) groups excluding carboxylic acids is 1. The van der Waals surface area contributed by atoms with Crippen LogP contribution < -0.4 is 14.8 Å². The smallest absolute Gasteiger partial charge is 0.227 e. The molecule has 2 N–H and O–H groups in total. The number of anilines is 1. The van der Waals surface area contributed by atoms with E-state index < -0.39 is 0 Å². The van der Waals surface area contributed by atoms with Crippen LogP contribution in [0.3, 0.4) is 0 Å². The van der Waals surface area contributed by atoms with Crippen molar-refractivity contribution in [3.63, 3.8) is 0 Å². The van der Waals surface area contributed by atoms with Crippen LogP contribution in [0.1, 0.15) is 12.0 Å². The van der Waals surface area contributed by atoms with Crippen LogP contribution in [0, 0.1) is 0 Å². The molecule has 1 aliphatic rings. The monoisotopic (exact) mass is 323 g/mol. The number of carbonyl (C=O) groups is 1. The summed E-state index contributed by atoms with van der Waals surface area (Å²) in [5.74, 6) is 1.90. The molecule has 4 rings (SSSR count). The van der Waals surface area contributed by atoms with Gasteiger partial charge in [0.15, 0.2) is 11.5 Å². The maximum absolute atomic E-state index is 12.1. The third-order valence-corrected chi connectivity index (χ3v) is 3.89. The Balaban J connectivity index is 1.37. The molecular weight excluding hydrogens is 306 g/mol. The second kappa shape index (κ2) is 6.23. The lowest BCUT2D eigenvalue weighted by molar-refractivity contribution is -0.116. The molecular formula is C18H17N3O3. The molecule has 0 radical (unpaired) electrons. The van der Waals surface area contributed by atoms with Crippen LogP contribution in [-0.4, -0.2) is 29.1 Å². The van der Waals surface area contributed by atoms with E-state index in [1.165, 1.54) is 0 Å². The zero-order valence-electron chi connectivity index (χ0n) is 13.0. The van der Waals surface area contributed by atoms with Gasteiger partial charge in [-0.25, -0.2) is 4.98 Å². The fourth-order valence-electron chi connectivity index (χ4n) is 2.71. The topological polar surface area (TPSA) is 76.2 Å². The van der Waals surface area contributed by atoms with E-state index in [1.54, 1.807) is 0 Å². The number of ether oxygens (including phenoxy) is 2. The van der Waals surface area contributed by atoms with Gasteiger partial charge >= 0.3 is 0 Å². The van der Waals surface area contributed by atoms with Crippen molar-refractivity contribution in [1.29, 1.82) is 0 Å². The van der Waals surface area contributed by atoms with Crippen molar-refractivity contribution in [2.75, 3.05) is 18.5 Å². The zero-order valence-corrected chi connectivity index (χ0v) is 13.0. The molecule has 6 heteroatoms. The first-order valence-corrected chi connectivity index (χ1v) is 7.91. The Morgan fingerprint density at radius 2 is 1.96 bits per heavy atom. The molecule has 3 aromatic rings. The lowest BCUT2D eigenvalue weighted by Crippen LogP contribution is -2.16. The fraction of sp³-hybridized carbons (Fsp3) is 0.222. The maximum Gasteiger partial charge on any atom is 0.227 e. The van der Waals surface area contributed by atoms with Gasteiger partial charge in [-0.05, 0) is 36.2 Å². The number of hydrogen-bond donors (Lipinski definition) is 2. The maximum atomic E-state index is 12.1. The Labute approximate surface area is 138 Å². The molecule has 0 fully saturated rings. The molecule has 0 atom stereocenters. The van der Waals surface area contributed by atoms with Crippen molar-refractivity contribution in [2.24, 2.45) is 0 Å². The summed E-state index contributed by atoms with van der Waals surface area (Å²) in [5, 5.41) is 2.80. The van der Waals surface area contributed by atoms with E-state index in [0.29, 0.717) is 32.0 Å². The number of amides is 1. The first kappa shape index (κ1) is 14.6. The Morgan fingerprint density at radius 1 is 1.12 bits per heavy atom. The lowest BCUT2D eigenvalue weighted by atomic mass is 10.1. The van der Waals surface area contributed by atoms with Crippen LogP contribution in [-0.2, 0) is 11.2 Å². The Kier molecular flexibility index (Phi) is 3.78. The number of benzene rings is 2. The van der Waals surface area contributed by atoms with Crippen LogP contribution in [0.25, 0.3) is 11.0 Å². The van der Waals surface area contributed by atoms with Gasteiger partial charge in [0.2, 0.25) is 11.9 Å².